The smallest absolute Gasteiger partial charge is 0.264 e. The Morgan fingerprint density at radius 1 is 1.19 bits per heavy atom. The van der Waals surface area contributed by atoms with Crippen LogP contribution in [-0.4, -0.2) is 24.1 Å². The molecule has 0 saturated carbocycles. The minimum Gasteiger partial charge on any atom is -0.354 e. The van der Waals surface area contributed by atoms with Gasteiger partial charge in [-0.25, -0.2) is 0 Å². The van der Waals surface area contributed by atoms with Crippen LogP contribution in [0.1, 0.15) is 11.1 Å². The quantitative estimate of drug-likeness (QED) is 0.656. The molecule has 3 rings (SSSR count). The minimum atomic E-state index is -0.495. The van der Waals surface area contributed by atoms with E-state index in [4.69, 9.17) is 0 Å². The van der Waals surface area contributed by atoms with E-state index in [0.717, 1.165) is 11.1 Å². The van der Waals surface area contributed by atoms with E-state index in [0.29, 0.717) is 17.1 Å². The fourth-order valence-electron chi connectivity index (χ4n) is 2.87. The molecule has 1 aliphatic rings. The summed E-state index contributed by atoms with van der Waals surface area (Å²) in [5, 5.41) is 12.0. The van der Waals surface area contributed by atoms with Crippen molar-refractivity contribution in [3.63, 3.8) is 0 Å². The molecule has 2 amide bonds. The van der Waals surface area contributed by atoms with Crippen molar-refractivity contribution in [3.8, 4) is 6.07 Å². The van der Waals surface area contributed by atoms with E-state index in [2.05, 4.69) is 5.32 Å². The van der Waals surface area contributed by atoms with Crippen LogP contribution in [0.5, 0.6) is 0 Å². The van der Waals surface area contributed by atoms with Gasteiger partial charge in [-0.15, -0.1) is 0 Å². The van der Waals surface area contributed by atoms with Crippen LogP contribution in [0, 0.1) is 18.3 Å². The maximum Gasteiger partial charge on any atom is 0.264 e. The van der Waals surface area contributed by atoms with E-state index in [9.17, 15) is 14.9 Å². The van der Waals surface area contributed by atoms with E-state index >= 15 is 0 Å². The van der Waals surface area contributed by atoms with Gasteiger partial charge < -0.3 is 5.32 Å². The number of likely N-dealkylation sites (N-methyl/N-ethyl adjacent to an activating group) is 1. The third-order valence-electron chi connectivity index (χ3n) is 4.29. The first-order chi connectivity index (χ1) is 13.0. The van der Waals surface area contributed by atoms with Gasteiger partial charge in [-0.1, -0.05) is 59.8 Å². The summed E-state index contributed by atoms with van der Waals surface area (Å²) < 4.78 is 0. The Morgan fingerprint density at radius 3 is 2.44 bits per heavy atom. The van der Waals surface area contributed by atoms with Gasteiger partial charge in [0.2, 0.25) is 5.91 Å². The van der Waals surface area contributed by atoms with Crippen LogP contribution in [0.25, 0.3) is 0 Å². The summed E-state index contributed by atoms with van der Waals surface area (Å²) in [4.78, 5) is 26.8. The Hall–Kier alpha value is -3.04. The number of carbonyl (C=O) groups excluding carboxylic acids is 2. The van der Waals surface area contributed by atoms with Crippen molar-refractivity contribution < 1.29 is 9.59 Å². The Kier molecular flexibility index (Phi) is 5.63. The van der Waals surface area contributed by atoms with E-state index in [1.807, 2.05) is 67.6 Å². The molecule has 0 bridgehead atoms. The van der Waals surface area contributed by atoms with E-state index in [1.54, 1.807) is 0 Å². The van der Waals surface area contributed by atoms with Crippen LogP contribution in [0.3, 0.4) is 0 Å². The van der Waals surface area contributed by atoms with Gasteiger partial charge in [-0.05, 0) is 31.0 Å². The van der Waals surface area contributed by atoms with Crippen molar-refractivity contribution in [2.75, 3.05) is 11.9 Å². The summed E-state index contributed by atoms with van der Waals surface area (Å²) in [6.07, 6.45) is 0.530. The van der Waals surface area contributed by atoms with Crippen molar-refractivity contribution in [2.45, 2.75) is 18.6 Å². The SMILES string of the molecule is CNC(=O)/C(C#N)=C1\S[C@@H](Cc2ccccc2)C(=O)N1c1ccc(C)cc1. The van der Waals surface area contributed by atoms with Crippen molar-refractivity contribution in [2.24, 2.45) is 0 Å². The normalized spacial score (nSPS) is 18.2. The first-order valence-corrected chi connectivity index (χ1v) is 9.40. The van der Waals surface area contributed by atoms with Crippen molar-refractivity contribution in [1.82, 2.24) is 5.32 Å². The fraction of sp³-hybridized carbons (Fsp3) is 0.190. The summed E-state index contributed by atoms with van der Waals surface area (Å²) >= 11 is 1.27. The molecular formula is C21H19N3O2S. The molecule has 0 radical (unpaired) electrons. The predicted molar refractivity (Wildman–Crippen MR) is 107 cm³/mol. The highest BCUT2D eigenvalue weighted by Gasteiger charge is 2.40. The number of aryl methyl sites for hydroxylation is 1. The average Bonchev–Trinajstić information content (AvgIpc) is 3.00. The van der Waals surface area contributed by atoms with Crippen molar-refractivity contribution >= 4 is 29.3 Å². The molecule has 1 atom stereocenters. The highest BCUT2D eigenvalue weighted by Crippen LogP contribution is 2.41. The molecular weight excluding hydrogens is 358 g/mol. The number of nitrogens with zero attached hydrogens (tertiary/aromatic N) is 2. The van der Waals surface area contributed by atoms with Crippen molar-refractivity contribution in [1.29, 1.82) is 5.26 Å². The first kappa shape index (κ1) is 18.7. The molecule has 6 heteroatoms. The number of hydrogen-bond acceptors (Lipinski definition) is 4. The van der Waals surface area contributed by atoms with Crippen LogP contribution < -0.4 is 10.2 Å². The topological polar surface area (TPSA) is 73.2 Å². The van der Waals surface area contributed by atoms with Gasteiger partial charge in [0.05, 0.1) is 5.25 Å². The number of anilines is 1. The van der Waals surface area contributed by atoms with Crippen LogP contribution >= 0.6 is 11.8 Å². The van der Waals surface area contributed by atoms with Crippen LogP contribution in [0.15, 0.2) is 65.2 Å². The van der Waals surface area contributed by atoms with Gasteiger partial charge in [0.1, 0.15) is 16.7 Å². The van der Waals surface area contributed by atoms with Crippen molar-refractivity contribution in [3.05, 3.63) is 76.3 Å². The highest BCUT2D eigenvalue weighted by atomic mass is 32.2. The zero-order valence-electron chi connectivity index (χ0n) is 15.1. The predicted octanol–water partition coefficient (Wildman–Crippen LogP) is 3.17. The third-order valence-corrected chi connectivity index (χ3v) is 5.55. The maximum atomic E-state index is 13.2. The van der Waals surface area contributed by atoms with Gasteiger partial charge in [0.15, 0.2) is 0 Å². The molecule has 1 aliphatic heterocycles. The molecule has 0 unspecified atom stereocenters. The number of nitrogens with one attached hydrogen (secondary N) is 1. The summed E-state index contributed by atoms with van der Waals surface area (Å²) in [5.41, 5.74) is 2.70. The molecule has 1 fully saturated rings. The van der Waals surface area contributed by atoms with E-state index < -0.39 is 11.2 Å². The molecule has 1 heterocycles. The lowest BCUT2D eigenvalue weighted by atomic mass is 10.1. The second kappa shape index (κ2) is 8.11. The van der Waals surface area contributed by atoms with Crippen LogP contribution in [-0.2, 0) is 16.0 Å². The van der Waals surface area contributed by atoms with Crippen LogP contribution in [0.2, 0.25) is 0 Å². The van der Waals surface area contributed by atoms with Gasteiger partial charge in [-0.3, -0.25) is 14.5 Å². The average molecular weight is 377 g/mol. The number of thioether (sulfide) groups is 1. The zero-order chi connectivity index (χ0) is 19.4. The zero-order valence-corrected chi connectivity index (χ0v) is 15.9. The highest BCUT2D eigenvalue weighted by molar-refractivity contribution is 8.05. The van der Waals surface area contributed by atoms with Gasteiger partial charge in [0, 0.05) is 12.7 Å². The lowest BCUT2D eigenvalue weighted by molar-refractivity contribution is -0.117. The monoisotopic (exact) mass is 377 g/mol. The second-order valence-electron chi connectivity index (χ2n) is 6.18. The third kappa shape index (κ3) is 3.88. The lowest BCUT2D eigenvalue weighted by Gasteiger charge is -2.18. The Bertz CT molecular complexity index is 930. The standard InChI is InChI=1S/C21H19N3O2S/c1-14-8-10-16(11-9-14)24-20(26)18(12-15-6-4-3-5-7-15)27-21(24)17(13-22)19(25)23-2/h3-11,18H,12H2,1-2H3,(H,23,25)/b21-17-/t18-/m0/s1. The molecule has 1 saturated heterocycles. The van der Waals surface area contributed by atoms with Crippen LogP contribution in [0.4, 0.5) is 5.69 Å². The summed E-state index contributed by atoms with van der Waals surface area (Å²) in [5.74, 6) is -0.621. The molecule has 136 valence electrons. The number of amides is 2. The fourth-order valence-corrected chi connectivity index (χ4v) is 4.18. The maximum absolute atomic E-state index is 13.2. The Labute approximate surface area is 162 Å². The number of carbonyl (C=O) groups is 2. The van der Waals surface area contributed by atoms with E-state index in [1.165, 1.54) is 23.7 Å². The largest absolute Gasteiger partial charge is 0.354 e. The minimum absolute atomic E-state index is 0.0491. The summed E-state index contributed by atoms with van der Waals surface area (Å²) in [6.45, 7) is 1.96. The van der Waals surface area contributed by atoms with Gasteiger partial charge in [0.25, 0.3) is 5.91 Å². The molecule has 0 aliphatic carbocycles. The summed E-state index contributed by atoms with van der Waals surface area (Å²) in [7, 11) is 1.47. The van der Waals surface area contributed by atoms with Gasteiger partial charge in [-0.2, -0.15) is 5.26 Å². The number of nitriles is 1. The molecule has 1 N–H and O–H groups in total. The lowest BCUT2D eigenvalue weighted by Crippen LogP contribution is -2.31. The van der Waals surface area contributed by atoms with Gasteiger partial charge >= 0.3 is 0 Å². The molecule has 5 nitrogen and oxygen atoms in total. The molecule has 0 aromatic heterocycles. The molecule has 27 heavy (non-hydrogen) atoms. The summed E-state index contributed by atoms with van der Waals surface area (Å²) in [6, 6.07) is 19.2. The number of benzene rings is 2. The first-order valence-electron chi connectivity index (χ1n) is 8.53. The second-order valence-corrected chi connectivity index (χ2v) is 7.37. The Balaban J connectivity index is 2.04. The number of rotatable bonds is 4. The van der Waals surface area contributed by atoms with E-state index in [-0.39, 0.29) is 11.5 Å². The Morgan fingerprint density at radius 2 is 1.85 bits per heavy atom. The molecule has 2 aromatic rings. The molecule has 0 spiro atoms. The molecule has 2 aromatic carbocycles. The number of hydrogen-bond donors (Lipinski definition) is 1.